The number of hydrogen-bond acceptors (Lipinski definition) is 3. The fraction of sp³-hybridized carbons (Fsp3) is 0.571. The number of hydrogen-bond donors (Lipinski definition) is 1. The highest BCUT2D eigenvalue weighted by atomic mass is 79.9. The van der Waals surface area contributed by atoms with Gasteiger partial charge in [-0.3, -0.25) is 0 Å². The highest BCUT2D eigenvalue weighted by molar-refractivity contribution is 9.10. The second-order valence-corrected chi connectivity index (χ2v) is 7.87. The normalized spacial score (nSPS) is 13.7. The van der Waals surface area contributed by atoms with E-state index in [0.717, 1.165) is 13.0 Å². The van der Waals surface area contributed by atoms with E-state index in [1.54, 1.807) is 18.2 Å². The summed E-state index contributed by atoms with van der Waals surface area (Å²) in [5, 5.41) is 3.32. The van der Waals surface area contributed by atoms with Crippen LogP contribution >= 0.6 is 15.9 Å². The predicted octanol–water partition coefficient (Wildman–Crippen LogP) is 3.25. The third-order valence-corrected chi connectivity index (χ3v) is 5.81. The van der Waals surface area contributed by atoms with Crippen molar-refractivity contribution in [1.29, 1.82) is 0 Å². The number of rotatable bonds is 7. The van der Waals surface area contributed by atoms with Gasteiger partial charge in [0.25, 0.3) is 0 Å². The summed E-state index contributed by atoms with van der Waals surface area (Å²) >= 11 is 3.31. The maximum atomic E-state index is 12.5. The Morgan fingerprint density at radius 3 is 2.42 bits per heavy atom. The van der Waals surface area contributed by atoms with E-state index in [-0.39, 0.29) is 17.7 Å². The van der Waals surface area contributed by atoms with E-state index < -0.39 is 9.84 Å². The lowest BCUT2D eigenvalue weighted by Gasteiger charge is -2.22. The second kappa shape index (κ2) is 7.41. The maximum Gasteiger partial charge on any atom is 0.181 e. The van der Waals surface area contributed by atoms with Gasteiger partial charge >= 0.3 is 0 Å². The highest BCUT2D eigenvalue weighted by Crippen LogP contribution is 2.23. The molecule has 1 N–H and O–H groups in total. The zero-order valence-electron chi connectivity index (χ0n) is 11.7. The molecule has 108 valence electrons. The zero-order valence-corrected chi connectivity index (χ0v) is 14.1. The average Bonchev–Trinajstić information content (AvgIpc) is 2.34. The molecular weight excluding hydrogens is 326 g/mol. The first kappa shape index (κ1) is 16.7. The zero-order chi connectivity index (χ0) is 14.5. The van der Waals surface area contributed by atoms with Crippen LogP contribution in [0, 0.1) is 5.92 Å². The Labute approximate surface area is 124 Å². The molecule has 0 aromatic heterocycles. The molecule has 1 aromatic carbocycles. The van der Waals surface area contributed by atoms with Crippen molar-refractivity contribution >= 4 is 25.8 Å². The number of sulfone groups is 1. The Morgan fingerprint density at radius 2 is 1.89 bits per heavy atom. The molecule has 0 bridgehead atoms. The van der Waals surface area contributed by atoms with Gasteiger partial charge in [0.15, 0.2) is 9.84 Å². The fourth-order valence-corrected chi connectivity index (χ4v) is 4.67. The topological polar surface area (TPSA) is 46.2 Å². The van der Waals surface area contributed by atoms with Gasteiger partial charge in [-0.15, -0.1) is 0 Å². The summed E-state index contributed by atoms with van der Waals surface area (Å²) in [5.74, 6) is 0.414. The fourth-order valence-electron chi connectivity index (χ4n) is 1.84. The molecule has 19 heavy (non-hydrogen) atoms. The maximum absolute atomic E-state index is 12.5. The summed E-state index contributed by atoms with van der Waals surface area (Å²) < 4.78 is 25.6. The molecule has 0 aliphatic heterocycles. The summed E-state index contributed by atoms with van der Waals surface area (Å²) in [6.07, 6.45) is 0.998. The molecule has 3 nitrogen and oxygen atoms in total. The van der Waals surface area contributed by atoms with Crippen LogP contribution in [-0.4, -0.2) is 26.8 Å². The van der Waals surface area contributed by atoms with Gasteiger partial charge in [0.05, 0.1) is 10.6 Å². The van der Waals surface area contributed by atoms with E-state index in [4.69, 9.17) is 0 Å². The van der Waals surface area contributed by atoms with Crippen LogP contribution in [0.3, 0.4) is 0 Å². The first-order valence-electron chi connectivity index (χ1n) is 6.59. The smallest absolute Gasteiger partial charge is 0.181 e. The average molecular weight is 348 g/mol. The lowest BCUT2D eigenvalue weighted by Crippen LogP contribution is -2.40. The standard InChI is InChI=1S/C14H22BrNO2S/c1-4-9-16-13(11(2)3)10-19(17,18)14-8-6-5-7-12(14)15/h5-8,11,13,16H,4,9-10H2,1-3H3. The molecule has 0 saturated carbocycles. The van der Waals surface area contributed by atoms with Crippen molar-refractivity contribution in [3.63, 3.8) is 0 Å². The number of nitrogens with one attached hydrogen (secondary N) is 1. The second-order valence-electron chi connectivity index (χ2n) is 5.02. The van der Waals surface area contributed by atoms with Crippen molar-refractivity contribution in [3.05, 3.63) is 28.7 Å². The highest BCUT2D eigenvalue weighted by Gasteiger charge is 2.24. The van der Waals surface area contributed by atoms with Crippen molar-refractivity contribution in [1.82, 2.24) is 5.32 Å². The van der Waals surface area contributed by atoms with Gasteiger partial charge in [-0.05, 0) is 46.9 Å². The van der Waals surface area contributed by atoms with Crippen LogP contribution < -0.4 is 5.32 Å². The van der Waals surface area contributed by atoms with Crippen LogP contribution in [0.2, 0.25) is 0 Å². The molecule has 0 spiro atoms. The predicted molar refractivity (Wildman–Crippen MR) is 83.1 cm³/mol. The largest absolute Gasteiger partial charge is 0.313 e. The molecule has 0 radical (unpaired) electrons. The molecule has 1 aromatic rings. The Kier molecular flexibility index (Phi) is 6.50. The van der Waals surface area contributed by atoms with Gasteiger partial charge in [0.2, 0.25) is 0 Å². The SMILES string of the molecule is CCCNC(CS(=O)(=O)c1ccccc1Br)C(C)C. The van der Waals surface area contributed by atoms with E-state index >= 15 is 0 Å². The third kappa shape index (κ3) is 4.89. The van der Waals surface area contributed by atoms with Gasteiger partial charge in [-0.25, -0.2) is 8.42 Å². The Bertz CT molecular complexity index is 500. The van der Waals surface area contributed by atoms with Crippen molar-refractivity contribution in [3.8, 4) is 0 Å². The van der Waals surface area contributed by atoms with Crippen LogP contribution in [0.4, 0.5) is 0 Å². The molecule has 1 atom stereocenters. The minimum atomic E-state index is -3.27. The minimum absolute atomic E-state index is 0.0166. The van der Waals surface area contributed by atoms with Crippen LogP contribution in [0.25, 0.3) is 0 Å². The van der Waals surface area contributed by atoms with Crippen LogP contribution in [0.5, 0.6) is 0 Å². The van der Waals surface area contributed by atoms with Crippen LogP contribution in [-0.2, 0) is 9.84 Å². The van der Waals surface area contributed by atoms with Crippen LogP contribution in [0.15, 0.2) is 33.6 Å². The van der Waals surface area contributed by atoms with Gasteiger partial charge in [-0.2, -0.15) is 0 Å². The summed E-state index contributed by atoms with van der Waals surface area (Å²) in [5.41, 5.74) is 0. The number of benzene rings is 1. The Balaban J connectivity index is 2.91. The van der Waals surface area contributed by atoms with Crippen molar-refractivity contribution in [2.75, 3.05) is 12.3 Å². The summed E-state index contributed by atoms with van der Waals surface area (Å²) in [7, 11) is -3.27. The molecular formula is C14H22BrNO2S. The summed E-state index contributed by atoms with van der Waals surface area (Å²) in [4.78, 5) is 0.374. The van der Waals surface area contributed by atoms with Crippen LogP contribution in [0.1, 0.15) is 27.2 Å². The van der Waals surface area contributed by atoms with E-state index in [1.165, 1.54) is 0 Å². The molecule has 0 aliphatic carbocycles. The van der Waals surface area contributed by atoms with Crippen molar-refractivity contribution in [2.24, 2.45) is 5.92 Å². The quantitative estimate of drug-likeness (QED) is 0.823. The van der Waals surface area contributed by atoms with Gasteiger partial charge < -0.3 is 5.32 Å². The third-order valence-electron chi connectivity index (χ3n) is 3.03. The minimum Gasteiger partial charge on any atom is -0.313 e. The van der Waals surface area contributed by atoms with Crippen molar-refractivity contribution < 1.29 is 8.42 Å². The van der Waals surface area contributed by atoms with E-state index in [1.807, 2.05) is 19.9 Å². The lowest BCUT2D eigenvalue weighted by atomic mass is 10.1. The molecule has 5 heteroatoms. The van der Waals surface area contributed by atoms with E-state index in [9.17, 15) is 8.42 Å². The van der Waals surface area contributed by atoms with Gasteiger partial charge in [0.1, 0.15) is 0 Å². The number of halogens is 1. The van der Waals surface area contributed by atoms with Gasteiger partial charge in [-0.1, -0.05) is 32.9 Å². The lowest BCUT2D eigenvalue weighted by molar-refractivity contribution is 0.426. The Morgan fingerprint density at radius 1 is 1.26 bits per heavy atom. The molecule has 1 unspecified atom stereocenters. The monoisotopic (exact) mass is 347 g/mol. The first-order chi connectivity index (χ1) is 8.88. The molecule has 0 aliphatic rings. The van der Waals surface area contributed by atoms with Crippen molar-refractivity contribution in [2.45, 2.75) is 38.1 Å². The summed E-state index contributed by atoms with van der Waals surface area (Å²) in [6.45, 7) is 7.01. The molecule has 0 amide bonds. The van der Waals surface area contributed by atoms with E-state index in [0.29, 0.717) is 9.37 Å². The van der Waals surface area contributed by atoms with Gasteiger partial charge in [0, 0.05) is 10.5 Å². The summed E-state index contributed by atoms with van der Waals surface area (Å²) in [6, 6.07) is 6.96. The molecule has 0 fully saturated rings. The molecule has 0 saturated heterocycles. The molecule has 1 rings (SSSR count). The first-order valence-corrected chi connectivity index (χ1v) is 9.03. The Hall–Kier alpha value is -0.390. The molecule has 0 heterocycles. The van der Waals surface area contributed by atoms with E-state index in [2.05, 4.69) is 28.2 Å².